The zero-order chi connectivity index (χ0) is 17.4. The number of carbonyl (C=O) groups excluding carboxylic acids is 2. The van der Waals surface area contributed by atoms with Gasteiger partial charge in [-0.15, -0.1) is 22.0 Å². The number of aromatic nitrogens is 2. The van der Waals surface area contributed by atoms with Gasteiger partial charge in [0.05, 0.1) is 0 Å². The van der Waals surface area contributed by atoms with E-state index in [0.717, 1.165) is 23.4 Å². The number of anilines is 1. The number of hydrogen-bond donors (Lipinski definition) is 1. The number of benzene rings is 1. The predicted molar refractivity (Wildman–Crippen MR) is 98.4 cm³/mol. The number of hydrogen-bond acceptors (Lipinski definition) is 6. The molecule has 6 nitrogen and oxygen atoms in total. The fourth-order valence-corrected chi connectivity index (χ4v) is 5.81. The number of nitrogens with zero attached hydrogens (tertiary/aromatic N) is 3. The molecule has 0 saturated carbocycles. The summed E-state index contributed by atoms with van der Waals surface area (Å²) in [7, 11) is 0. The number of thioether (sulfide) groups is 1. The van der Waals surface area contributed by atoms with E-state index >= 15 is 0 Å². The Morgan fingerprint density at radius 2 is 2.16 bits per heavy atom. The fourth-order valence-electron chi connectivity index (χ4n) is 3.47. The Bertz CT molecular complexity index is 810. The van der Waals surface area contributed by atoms with Crippen LogP contribution in [0.15, 0.2) is 30.3 Å². The monoisotopic (exact) mass is 374 g/mol. The highest BCUT2D eigenvalue weighted by molar-refractivity contribution is 8.00. The van der Waals surface area contributed by atoms with E-state index in [-0.39, 0.29) is 11.8 Å². The molecule has 2 atom stereocenters. The van der Waals surface area contributed by atoms with Crippen LogP contribution in [0.2, 0.25) is 0 Å². The van der Waals surface area contributed by atoms with Crippen molar-refractivity contribution in [3.63, 3.8) is 0 Å². The van der Waals surface area contributed by atoms with Crippen molar-refractivity contribution < 1.29 is 9.59 Å². The summed E-state index contributed by atoms with van der Waals surface area (Å²) >= 11 is 3.06. The molecule has 130 valence electrons. The summed E-state index contributed by atoms with van der Waals surface area (Å²) in [4.78, 5) is 26.7. The number of amides is 2. The quantitative estimate of drug-likeness (QED) is 0.890. The molecule has 0 unspecified atom stereocenters. The van der Waals surface area contributed by atoms with Crippen molar-refractivity contribution in [2.75, 3.05) is 11.1 Å². The minimum atomic E-state index is -0.478. The average molecular weight is 374 g/mol. The first-order chi connectivity index (χ1) is 12.1. The third kappa shape index (κ3) is 2.73. The van der Waals surface area contributed by atoms with Crippen LogP contribution in [0, 0.1) is 0 Å². The first kappa shape index (κ1) is 16.5. The molecule has 2 amide bonds. The maximum Gasteiger partial charge on any atom is 0.249 e. The Labute approximate surface area is 154 Å². The molecule has 2 saturated heterocycles. The van der Waals surface area contributed by atoms with E-state index in [2.05, 4.69) is 15.5 Å². The molecule has 4 rings (SSSR count). The molecule has 2 aromatic rings. The van der Waals surface area contributed by atoms with Crippen molar-refractivity contribution in [3.05, 3.63) is 40.9 Å². The Balaban J connectivity index is 1.59. The second-order valence-corrected chi connectivity index (χ2v) is 8.44. The number of fused-ring (bicyclic) bond motifs is 1. The van der Waals surface area contributed by atoms with Gasteiger partial charge >= 0.3 is 0 Å². The van der Waals surface area contributed by atoms with Crippen LogP contribution in [0.4, 0.5) is 5.13 Å². The molecule has 0 aliphatic carbocycles. The molecule has 25 heavy (non-hydrogen) atoms. The van der Waals surface area contributed by atoms with Crippen LogP contribution in [-0.2, 0) is 20.9 Å². The van der Waals surface area contributed by atoms with Gasteiger partial charge in [-0.3, -0.25) is 14.9 Å². The molecule has 3 heterocycles. The van der Waals surface area contributed by atoms with Gasteiger partial charge in [-0.2, -0.15) is 0 Å². The maximum atomic E-state index is 12.8. The summed E-state index contributed by atoms with van der Waals surface area (Å²) in [6.45, 7) is 2.00. The summed E-state index contributed by atoms with van der Waals surface area (Å²) in [5.74, 6) is 0.450. The molecule has 1 aromatic heterocycles. The zero-order valence-electron chi connectivity index (χ0n) is 13.8. The second kappa shape index (κ2) is 6.42. The average Bonchev–Trinajstić information content (AvgIpc) is 3.32. The summed E-state index contributed by atoms with van der Waals surface area (Å²) in [6, 6.07) is 9.52. The Hall–Kier alpha value is -1.93. The lowest BCUT2D eigenvalue weighted by Gasteiger charge is -2.33. The van der Waals surface area contributed by atoms with Crippen molar-refractivity contribution >= 4 is 40.0 Å². The first-order valence-electron chi connectivity index (χ1n) is 8.29. The van der Waals surface area contributed by atoms with Crippen molar-refractivity contribution in [1.29, 1.82) is 0 Å². The number of rotatable bonds is 4. The highest BCUT2D eigenvalue weighted by atomic mass is 32.2. The Morgan fingerprint density at radius 1 is 1.36 bits per heavy atom. The second-order valence-electron chi connectivity index (χ2n) is 6.08. The van der Waals surface area contributed by atoms with Crippen LogP contribution in [0.5, 0.6) is 0 Å². The van der Waals surface area contributed by atoms with Crippen molar-refractivity contribution in [1.82, 2.24) is 15.1 Å². The summed E-state index contributed by atoms with van der Waals surface area (Å²) < 4.78 is 0. The van der Waals surface area contributed by atoms with Gasteiger partial charge in [0.25, 0.3) is 0 Å². The van der Waals surface area contributed by atoms with Crippen LogP contribution in [-0.4, -0.2) is 38.7 Å². The summed E-state index contributed by atoms with van der Waals surface area (Å²) in [6.07, 6.45) is 2.00. The highest BCUT2D eigenvalue weighted by Crippen LogP contribution is 2.54. The van der Waals surface area contributed by atoms with Gasteiger partial charge in [-0.05, 0) is 18.4 Å². The van der Waals surface area contributed by atoms with Gasteiger partial charge in [0.1, 0.15) is 15.9 Å². The predicted octanol–water partition coefficient (Wildman–Crippen LogP) is 2.63. The van der Waals surface area contributed by atoms with Gasteiger partial charge < -0.3 is 4.90 Å². The lowest BCUT2D eigenvalue weighted by molar-refractivity contribution is -0.136. The summed E-state index contributed by atoms with van der Waals surface area (Å²) in [5.41, 5.74) is 1.09. The molecule has 2 aliphatic heterocycles. The molecule has 0 spiro atoms. The van der Waals surface area contributed by atoms with Crippen molar-refractivity contribution in [2.24, 2.45) is 0 Å². The molecular weight excluding hydrogens is 356 g/mol. The largest absolute Gasteiger partial charge is 0.311 e. The van der Waals surface area contributed by atoms with Crippen LogP contribution in [0.1, 0.15) is 30.3 Å². The van der Waals surface area contributed by atoms with Crippen molar-refractivity contribution in [3.8, 4) is 0 Å². The van der Waals surface area contributed by atoms with Gasteiger partial charge in [0.2, 0.25) is 16.9 Å². The van der Waals surface area contributed by atoms with Gasteiger partial charge in [-0.1, -0.05) is 48.6 Å². The standard InChI is InChI=1S/C17H18N4O2S2/c1-2-13-19-20-16(25-13)18-15(23)12-10-24-17(9-8-14(22)21(12)17)11-6-4-3-5-7-11/h3-7,12H,2,8-10H2,1H3,(H,18,20,23)/t12-,17-/m1/s1. The van der Waals surface area contributed by atoms with E-state index in [9.17, 15) is 9.59 Å². The SMILES string of the molecule is CCc1nnc(NC(=O)[C@H]2CS[C@@]3(c4ccccc4)CCC(=O)N23)s1. The van der Waals surface area contributed by atoms with Gasteiger partial charge in [0.15, 0.2) is 0 Å². The minimum Gasteiger partial charge on any atom is -0.311 e. The van der Waals surface area contributed by atoms with Crippen LogP contribution < -0.4 is 5.32 Å². The molecule has 0 radical (unpaired) electrons. The van der Waals surface area contributed by atoms with E-state index < -0.39 is 10.9 Å². The molecule has 1 N–H and O–H groups in total. The van der Waals surface area contributed by atoms with Crippen LogP contribution in [0.25, 0.3) is 0 Å². The minimum absolute atomic E-state index is 0.0421. The third-order valence-electron chi connectivity index (χ3n) is 4.65. The Kier molecular flexibility index (Phi) is 4.24. The van der Waals surface area contributed by atoms with E-state index in [1.807, 2.05) is 37.3 Å². The highest BCUT2D eigenvalue weighted by Gasteiger charge is 2.56. The lowest BCUT2D eigenvalue weighted by Crippen LogP contribution is -2.48. The number of aryl methyl sites for hydroxylation is 1. The molecule has 1 aromatic carbocycles. The van der Waals surface area contributed by atoms with Gasteiger partial charge in [-0.25, -0.2) is 0 Å². The van der Waals surface area contributed by atoms with Gasteiger partial charge in [0, 0.05) is 12.2 Å². The van der Waals surface area contributed by atoms with Crippen LogP contribution in [0.3, 0.4) is 0 Å². The lowest BCUT2D eigenvalue weighted by atomic mass is 10.0. The maximum absolute atomic E-state index is 12.8. The molecule has 0 bridgehead atoms. The first-order valence-corrected chi connectivity index (χ1v) is 10.1. The number of carbonyl (C=O) groups is 2. The summed E-state index contributed by atoms with van der Waals surface area (Å²) in [5, 5.41) is 12.2. The van der Waals surface area contributed by atoms with E-state index in [4.69, 9.17) is 0 Å². The third-order valence-corrected chi connectivity index (χ3v) is 7.23. The van der Waals surface area contributed by atoms with E-state index in [1.54, 1.807) is 16.7 Å². The topological polar surface area (TPSA) is 75.2 Å². The van der Waals surface area contributed by atoms with E-state index in [0.29, 0.717) is 17.3 Å². The molecule has 2 aliphatic rings. The van der Waals surface area contributed by atoms with Crippen molar-refractivity contribution in [2.45, 2.75) is 37.1 Å². The normalized spacial score (nSPS) is 25.2. The smallest absolute Gasteiger partial charge is 0.249 e. The fraction of sp³-hybridized carbons (Fsp3) is 0.412. The molecule has 8 heteroatoms. The molecular formula is C17H18N4O2S2. The van der Waals surface area contributed by atoms with E-state index in [1.165, 1.54) is 11.3 Å². The van der Waals surface area contributed by atoms with Crippen LogP contribution >= 0.6 is 23.1 Å². The molecule has 2 fully saturated rings. The Morgan fingerprint density at radius 3 is 2.88 bits per heavy atom. The zero-order valence-corrected chi connectivity index (χ0v) is 15.4. The number of nitrogens with one attached hydrogen (secondary N) is 1.